The maximum Gasteiger partial charge on any atom is 0.248 e. The van der Waals surface area contributed by atoms with Crippen LogP contribution in [0.2, 0.25) is 0 Å². The van der Waals surface area contributed by atoms with E-state index in [1.165, 1.54) is 24.0 Å². The highest BCUT2D eigenvalue weighted by molar-refractivity contribution is 8.01. The zero-order chi connectivity index (χ0) is 16.0. The molecule has 1 aromatic carbocycles. The number of amides is 2. The molecule has 4 nitrogen and oxygen atoms in total. The van der Waals surface area contributed by atoms with E-state index in [0.717, 1.165) is 24.9 Å². The number of nitrogens with one attached hydrogen (secondary N) is 1. The van der Waals surface area contributed by atoms with Gasteiger partial charge in [0.05, 0.1) is 4.87 Å². The van der Waals surface area contributed by atoms with E-state index in [1.54, 1.807) is 11.8 Å². The lowest BCUT2D eigenvalue weighted by atomic mass is 9.90. The number of thioether (sulfide) groups is 1. The van der Waals surface area contributed by atoms with Gasteiger partial charge in [0.2, 0.25) is 11.8 Å². The predicted molar refractivity (Wildman–Crippen MR) is 92.4 cm³/mol. The molecule has 23 heavy (non-hydrogen) atoms. The Labute approximate surface area is 141 Å². The van der Waals surface area contributed by atoms with E-state index in [-0.39, 0.29) is 22.7 Å². The lowest BCUT2D eigenvalue weighted by molar-refractivity contribution is -0.135. The summed E-state index contributed by atoms with van der Waals surface area (Å²) in [4.78, 5) is 26.6. The van der Waals surface area contributed by atoms with Crippen molar-refractivity contribution >= 4 is 29.3 Å². The molecule has 2 atom stereocenters. The molecule has 0 aromatic heterocycles. The number of nitrogens with zero attached hydrogens (tertiary/aromatic N) is 1. The van der Waals surface area contributed by atoms with Crippen molar-refractivity contribution in [2.75, 3.05) is 11.1 Å². The highest BCUT2D eigenvalue weighted by Crippen LogP contribution is 2.47. The summed E-state index contributed by atoms with van der Waals surface area (Å²) in [5, 5.41) is 3.12. The van der Waals surface area contributed by atoms with Crippen LogP contribution in [0.25, 0.3) is 0 Å². The van der Waals surface area contributed by atoms with Crippen molar-refractivity contribution < 1.29 is 9.59 Å². The minimum Gasteiger partial charge on any atom is -0.324 e. The highest BCUT2D eigenvalue weighted by Gasteiger charge is 2.52. The van der Waals surface area contributed by atoms with E-state index in [9.17, 15) is 9.59 Å². The number of hydrogen-bond donors (Lipinski definition) is 1. The van der Waals surface area contributed by atoms with Gasteiger partial charge in [-0.3, -0.25) is 9.59 Å². The summed E-state index contributed by atoms with van der Waals surface area (Å²) in [6.45, 7) is 2.08. The number of aryl methyl sites for hydroxylation is 1. The summed E-state index contributed by atoms with van der Waals surface area (Å²) in [7, 11) is 0. The molecule has 0 saturated carbocycles. The first kappa shape index (κ1) is 15.1. The number of hydrogen-bond acceptors (Lipinski definition) is 3. The Hall–Kier alpha value is -1.49. The molecular weight excluding hydrogens is 308 g/mol. The Bertz CT molecular complexity index is 675. The topological polar surface area (TPSA) is 49.4 Å². The molecule has 2 aliphatic heterocycles. The minimum atomic E-state index is -0.334. The molecule has 122 valence electrons. The van der Waals surface area contributed by atoms with Crippen molar-refractivity contribution in [2.24, 2.45) is 0 Å². The summed E-state index contributed by atoms with van der Waals surface area (Å²) in [6, 6.07) is 5.85. The lowest BCUT2D eigenvalue weighted by Crippen LogP contribution is -2.48. The van der Waals surface area contributed by atoms with Gasteiger partial charge in [-0.25, -0.2) is 0 Å². The Morgan fingerprint density at radius 2 is 2.13 bits per heavy atom. The molecule has 2 fully saturated rings. The zero-order valence-electron chi connectivity index (χ0n) is 13.4. The normalized spacial score (nSPS) is 29.3. The van der Waals surface area contributed by atoms with E-state index in [4.69, 9.17) is 0 Å². The van der Waals surface area contributed by atoms with Gasteiger partial charge in [0.15, 0.2) is 0 Å². The van der Waals surface area contributed by atoms with Crippen LogP contribution >= 0.6 is 11.8 Å². The first-order valence-electron chi connectivity index (χ1n) is 8.46. The second-order valence-electron chi connectivity index (χ2n) is 6.91. The summed E-state index contributed by atoms with van der Waals surface area (Å²) in [5.74, 6) is 0.784. The molecule has 0 spiro atoms. The van der Waals surface area contributed by atoms with Crippen molar-refractivity contribution in [2.45, 2.75) is 56.4 Å². The third-order valence-corrected chi connectivity index (χ3v) is 6.91. The number of benzene rings is 1. The third-order valence-electron chi connectivity index (χ3n) is 5.40. The van der Waals surface area contributed by atoms with Crippen LogP contribution in [0.5, 0.6) is 0 Å². The first-order valence-corrected chi connectivity index (χ1v) is 9.45. The van der Waals surface area contributed by atoms with Gasteiger partial charge in [-0.1, -0.05) is 12.1 Å². The average Bonchev–Trinajstić information content (AvgIpc) is 3.04. The maximum absolute atomic E-state index is 12.8. The van der Waals surface area contributed by atoms with Gasteiger partial charge < -0.3 is 10.2 Å². The highest BCUT2D eigenvalue weighted by atomic mass is 32.2. The molecule has 1 aromatic rings. The van der Waals surface area contributed by atoms with Gasteiger partial charge in [-0.2, -0.15) is 0 Å². The van der Waals surface area contributed by atoms with E-state index >= 15 is 0 Å². The van der Waals surface area contributed by atoms with Crippen LogP contribution in [-0.2, 0) is 22.4 Å². The van der Waals surface area contributed by atoms with Crippen LogP contribution in [0.4, 0.5) is 5.69 Å². The van der Waals surface area contributed by atoms with E-state index in [1.807, 2.05) is 17.0 Å². The van der Waals surface area contributed by atoms with Crippen molar-refractivity contribution in [3.05, 3.63) is 29.3 Å². The van der Waals surface area contributed by atoms with Gasteiger partial charge >= 0.3 is 0 Å². The van der Waals surface area contributed by atoms with Crippen LogP contribution in [0.3, 0.4) is 0 Å². The smallest absolute Gasteiger partial charge is 0.248 e. The van der Waals surface area contributed by atoms with Crippen molar-refractivity contribution in [1.82, 2.24) is 4.90 Å². The molecule has 3 aliphatic rings. The summed E-state index contributed by atoms with van der Waals surface area (Å²) in [5.41, 5.74) is 3.59. The molecule has 1 N–H and O–H groups in total. The summed E-state index contributed by atoms with van der Waals surface area (Å²) < 4.78 is 0. The molecule has 5 heteroatoms. The minimum absolute atomic E-state index is 0.0320. The van der Waals surface area contributed by atoms with Crippen LogP contribution in [-0.4, -0.2) is 33.4 Å². The fraction of sp³-hybridized carbons (Fsp3) is 0.556. The van der Waals surface area contributed by atoms with Gasteiger partial charge in [0, 0.05) is 17.9 Å². The standard InChI is InChI=1S/C18H22N2O2S/c1-18-10-9-16(21)20(18)15(11-23-18)17(22)19-14-8-4-6-12-5-2-3-7-13(12)14/h4,6,8,15H,2-3,5,7,9-11H2,1H3,(H,19,22)/t15-,18+/m1/s1. The van der Waals surface area contributed by atoms with Gasteiger partial charge in [0.25, 0.3) is 0 Å². The van der Waals surface area contributed by atoms with Gasteiger partial charge in [0.1, 0.15) is 6.04 Å². The molecular formula is C18H22N2O2S. The SMILES string of the molecule is C[C@]12CCC(=O)N1[C@@H](C(=O)Nc1cccc3c1CCCC3)CS2. The quantitative estimate of drug-likeness (QED) is 0.907. The number of fused-ring (bicyclic) bond motifs is 2. The number of rotatable bonds is 2. The molecule has 4 rings (SSSR count). The summed E-state index contributed by atoms with van der Waals surface area (Å²) in [6.07, 6.45) is 5.95. The Balaban J connectivity index is 1.56. The number of carbonyl (C=O) groups excluding carboxylic acids is 2. The molecule has 2 saturated heterocycles. The van der Waals surface area contributed by atoms with Crippen molar-refractivity contribution in [1.29, 1.82) is 0 Å². The Morgan fingerprint density at radius 3 is 3.00 bits per heavy atom. The molecule has 1 aliphatic carbocycles. The second-order valence-corrected chi connectivity index (χ2v) is 8.41. The predicted octanol–water partition coefficient (Wildman–Crippen LogP) is 2.96. The number of carbonyl (C=O) groups is 2. The van der Waals surface area contributed by atoms with E-state index in [0.29, 0.717) is 12.2 Å². The lowest BCUT2D eigenvalue weighted by Gasteiger charge is -2.30. The van der Waals surface area contributed by atoms with E-state index < -0.39 is 0 Å². The van der Waals surface area contributed by atoms with Crippen LogP contribution in [0.15, 0.2) is 18.2 Å². The molecule has 2 amide bonds. The third kappa shape index (κ3) is 2.45. The zero-order valence-corrected chi connectivity index (χ0v) is 14.2. The monoisotopic (exact) mass is 330 g/mol. The molecule has 0 unspecified atom stereocenters. The van der Waals surface area contributed by atoms with Crippen LogP contribution in [0.1, 0.15) is 43.7 Å². The second kappa shape index (κ2) is 5.55. The summed E-state index contributed by atoms with van der Waals surface area (Å²) >= 11 is 1.74. The van der Waals surface area contributed by atoms with Crippen LogP contribution in [0, 0.1) is 0 Å². The first-order chi connectivity index (χ1) is 11.1. The average molecular weight is 330 g/mol. The molecule has 2 heterocycles. The van der Waals surface area contributed by atoms with E-state index in [2.05, 4.69) is 18.3 Å². The van der Waals surface area contributed by atoms with Gasteiger partial charge in [-0.15, -0.1) is 11.8 Å². The Morgan fingerprint density at radius 1 is 1.30 bits per heavy atom. The number of anilines is 1. The van der Waals surface area contributed by atoms with Crippen molar-refractivity contribution in [3.63, 3.8) is 0 Å². The molecule has 0 radical (unpaired) electrons. The molecule has 0 bridgehead atoms. The largest absolute Gasteiger partial charge is 0.324 e. The fourth-order valence-electron chi connectivity index (χ4n) is 4.13. The van der Waals surface area contributed by atoms with Crippen molar-refractivity contribution in [3.8, 4) is 0 Å². The fourth-order valence-corrected chi connectivity index (χ4v) is 5.56. The Kier molecular flexibility index (Phi) is 3.63. The maximum atomic E-state index is 12.8. The van der Waals surface area contributed by atoms with Crippen LogP contribution < -0.4 is 5.32 Å². The van der Waals surface area contributed by atoms with Gasteiger partial charge in [-0.05, 0) is 56.2 Å².